The van der Waals surface area contributed by atoms with Gasteiger partial charge in [-0.25, -0.2) is 60.7 Å². The molecule has 0 atom stereocenters. The van der Waals surface area contributed by atoms with E-state index in [1.165, 1.54) is 44.7 Å². The van der Waals surface area contributed by atoms with Gasteiger partial charge in [-0.1, -0.05) is 65.9 Å². The largest absolute Gasteiger partial charge is 0.744 e. The molecule has 0 unspecified atom stereocenters. The first kappa shape index (κ1) is 52.1. The smallest absolute Gasteiger partial charge is 0.358 e. The summed E-state index contributed by atoms with van der Waals surface area (Å²) in [5.41, 5.74) is 4.22. The van der Waals surface area contributed by atoms with E-state index in [0.717, 1.165) is 0 Å². The van der Waals surface area contributed by atoms with Crippen LogP contribution in [0.1, 0.15) is 16.7 Å². The van der Waals surface area contributed by atoms with Crippen LogP contribution in [0.25, 0.3) is 0 Å². The van der Waals surface area contributed by atoms with Crippen molar-refractivity contribution in [2.75, 3.05) is 0 Å². The van der Waals surface area contributed by atoms with Crippen LogP contribution in [0.15, 0.2) is 156 Å². The molecule has 0 N–H and O–H groups in total. The Labute approximate surface area is 389 Å². The van der Waals surface area contributed by atoms with Crippen LogP contribution >= 0.6 is 11.8 Å². The highest BCUT2D eigenvalue weighted by Crippen LogP contribution is 2.34. The normalized spacial score (nSPS) is 11.5. The summed E-state index contributed by atoms with van der Waals surface area (Å²) in [4.78, 5) is 1.86. The lowest BCUT2D eigenvalue weighted by molar-refractivity contribution is -0.598. The van der Waals surface area contributed by atoms with Crippen LogP contribution in [-0.2, 0) is 31.1 Å². The van der Waals surface area contributed by atoms with Crippen molar-refractivity contribution in [1.29, 1.82) is 0 Å². The number of halogens is 11. The Bertz CT molecular complexity index is 2900. The van der Waals surface area contributed by atoms with Crippen molar-refractivity contribution in [1.82, 2.24) is 0 Å². The molecule has 0 aliphatic rings. The molecule has 0 aliphatic carbocycles. The Hall–Kier alpha value is -4.91. The lowest BCUT2D eigenvalue weighted by Crippen LogP contribution is -3.62. The molecule has 0 amide bonds. The van der Waals surface area contributed by atoms with Crippen molar-refractivity contribution < 1.29 is 91.1 Å². The first-order valence-corrected chi connectivity index (χ1v) is 25.3. The molecule has 0 spiro atoms. The fourth-order valence-corrected chi connectivity index (χ4v) is 12.5. The molecule has 0 saturated heterocycles. The number of benzene rings is 7. The summed E-state index contributed by atoms with van der Waals surface area (Å²) in [7, 11) is -11.6. The third-order valence-electron chi connectivity index (χ3n) is 8.69. The SMILES string of the molecule is Cc1cc(C)c([I+]c2ccc(Sc3ccc([S+](c4ccccc4)c4ccccc4)cc3)cc2)c(C)c1.O=S(=O)([O-])c1c(F)c(F)c(F)c(F)c1F.O=S(=O)([O-])c1c(F)c(F)c(F)c(F)c1F. The Morgan fingerprint density at radius 3 is 1.08 bits per heavy atom. The average molecular weight is 1110 g/mol. The zero-order valence-electron chi connectivity index (χ0n) is 33.8. The van der Waals surface area contributed by atoms with Crippen molar-refractivity contribution >= 4 is 42.9 Å². The van der Waals surface area contributed by atoms with E-state index < -0.39 is 88.2 Å². The molecule has 66 heavy (non-hydrogen) atoms. The lowest BCUT2D eigenvalue weighted by Gasteiger charge is -2.10. The van der Waals surface area contributed by atoms with Gasteiger partial charge in [0.15, 0.2) is 68.4 Å². The summed E-state index contributed by atoms with van der Waals surface area (Å²) < 4.78 is 189. The van der Waals surface area contributed by atoms with Crippen LogP contribution in [-0.4, -0.2) is 25.9 Å². The van der Waals surface area contributed by atoms with Crippen LogP contribution in [0.4, 0.5) is 43.9 Å². The van der Waals surface area contributed by atoms with Gasteiger partial charge >= 0.3 is 21.2 Å². The molecule has 0 heterocycles. The molecule has 21 heteroatoms. The third-order valence-corrected chi connectivity index (χ3v) is 17.2. The molecule has 0 saturated carbocycles. The zero-order valence-corrected chi connectivity index (χ0v) is 39.2. The highest BCUT2D eigenvalue weighted by molar-refractivity contribution is 7.99. The van der Waals surface area contributed by atoms with Crippen LogP contribution in [0.3, 0.4) is 0 Å². The Balaban J connectivity index is 0.000000224. The van der Waals surface area contributed by atoms with E-state index >= 15 is 0 Å². The van der Waals surface area contributed by atoms with Crippen LogP contribution < -0.4 is 21.2 Å². The van der Waals surface area contributed by atoms with Crippen LogP contribution in [0.5, 0.6) is 0 Å². The van der Waals surface area contributed by atoms with Gasteiger partial charge in [-0.2, -0.15) is 0 Å². The molecular formula is C45H29F10IO6S4. The predicted molar refractivity (Wildman–Crippen MR) is 218 cm³/mol. The van der Waals surface area contributed by atoms with Crippen molar-refractivity contribution in [3.05, 3.63) is 203 Å². The van der Waals surface area contributed by atoms with Crippen molar-refractivity contribution in [2.24, 2.45) is 0 Å². The van der Waals surface area contributed by atoms with Crippen molar-refractivity contribution in [2.45, 2.75) is 55.0 Å². The first-order chi connectivity index (χ1) is 30.9. The van der Waals surface area contributed by atoms with E-state index in [-0.39, 0.29) is 32.1 Å². The molecule has 0 bridgehead atoms. The number of hydrogen-bond acceptors (Lipinski definition) is 7. The maximum absolute atomic E-state index is 12.6. The number of hydrogen-bond donors (Lipinski definition) is 0. The summed E-state index contributed by atoms with van der Waals surface area (Å²) in [6.45, 7) is 6.69. The quantitative estimate of drug-likeness (QED) is 0.0356. The zero-order chi connectivity index (χ0) is 48.8. The maximum atomic E-state index is 12.6. The predicted octanol–water partition coefficient (Wildman–Crippen LogP) is 8.56. The number of rotatable bonds is 9. The van der Waals surface area contributed by atoms with Gasteiger partial charge in [0, 0.05) is 20.9 Å². The van der Waals surface area contributed by atoms with Gasteiger partial charge in [0.1, 0.15) is 30.0 Å². The first-order valence-electron chi connectivity index (χ1n) is 18.3. The molecule has 6 nitrogen and oxygen atoms in total. The highest BCUT2D eigenvalue weighted by atomic mass is 127. The Morgan fingerprint density at radius 1 is 0.439 bits per heavy atom. The minimum Gasteiger partial charge on any atom is -0.744 e. The van der Waals surface area contributed by atoms with Gasteiger partial charge in [0.25, 0.3) is 0 Å². The summed E-state index contributed by atoms with van der Waals surface area (Å²) in [6, 6.07) is 44.7. The van der Waals surface area contributed by atoms with Crippen molar-refractivity contribution in [3.63, 3.8) is 0 Å². The van der Waals surface area contributed by atoms with E-state index in [0.29, 0.717) is 0 Å². The molecule has 7 aromatic rings. The van der Waals surface area contributed by atoms with E-state index in [1.54, 1.807) is 3.57 Å². The summed E-state index contributed by atoms with van der Waals surface area (Å²) in [5.74, 6) is -25.7. The van der Waals surface area contributed by atoms with Gasteiger partial charge in [0.2, 0.25) is 11.6 Å². The Morgan fingerprint density at radius 2 is 0.742 bits per heavy atom. The van der Waals surface area contributed by atoms with Gasteiger partial charge < -0.3 is 9.11 Å². The maximum Gasteiger partial charge on any atom is 0.358 e. The summed E-state index contributed by atoms with van der Waals surface area (Å²) >= 11 is 1.67. The second-order valence-corrected chi connectivity index (χ2v) is 22.1. The van der Waals surface area contributed by atoms with Gasteiger partial charge in [-0.15, -0.1) is 0 Å². The van der Waals surface area contributed by atoms with E-state index in [2.05, 4.69) is 142 Å². The topological polar surface area (TPSA) is 114 Å². The van der Waals surface area contributed by atoms with Crippen LogP contribution in [0, 0.1) is 86.1 Å². The van der Waals surface area contributed by atoms with Gasteiger partial charge in [-0.05, 0) is 93.6 Å². The van der Waals surface area contributed by atoms with Crippen LogP contribution in [0.2, 0.25) is 0 Å². The number of aryl methyl sites for hydroxylation is 3. The standard InChI is InChI=1S/C33H29IS2.2C6HF5O3S/c1-24-22-25(2)33(26(3)23-24)34-27-14-16-28(17-15-27)35-29-18-20-32(21-19-29)36(30-10-6-4-7-11-30)31-12-8-5-9-13-31;2*7-1-2(8)4(10)6(15(12,13)14)5(11)3(1)9/h4-23H,1-3H3;2*(H,12,13,14)/q+2;;/p-2. The molecule has 0 radical (unpaired) electrons. The minimum atomic E-state index is -5.77. The molecule has 346 valence electrons. The highest BCUT2D eigenvalue weighted by Gasteiger charge is 2.31. The Kier molecular flexibility index (Phi) is 17.2. The molecule has 7 rings (SSSR count). The summed E-state index contributed by atoms with van der Waals surface area (Å²) in [5, 5.41) is 0. The average Bonchev–Trinajstić information content (AvgIpc) is 3.26. The molecule has 0 fully saturated rings. The van der Waals surface area contributed by atoms with Gasteiger partial charge in [-0.3, -0.25) is 0 Å². The summed E-state index contributed by atoms with van der Waals surface area (Å²) in [6.07, 6.45) is 0. The molecule has 7 aromatic carbocycles. The van der Waals surface area contributed by atoms with E-state index in [9.17, 15) is 69.8 Å². The molecule has 0 aliphatic heterocycles. The fourth-order valence-electron chi connectivity index (χ4n) is 5.90. The van der Waals surface area contributed by atoms with E-state index in [4.69, 9.17) is 0 Å². The fraction of sp³-hybridized carbons (Fsp3) is 0.0667. The lowest BCUT2D eigenvalue weighted by atomic mass is 10.1. The molecular weight excluding hydrogens is 1080 g/mol. The third kappa shape index (κ3) is 12.3. The monoisotopic (exact) mass is 1110 g/mol. The van der Waals surface area contributed by atoms with Crippen molar-refractivity contribution in [3.8, 4) is 0 Å². The van der Waals surface area contributed by atoms with Gasteiger partial charge in [0.05, 0.1) is 10.9 Å². The molecule has 0 aromatic heterocycles. The minimum absolute atomic E-state index is 0.103. The second kappa shape index (κ2) is 21.8. The van der Waals surface area contributed by atoms with E-state index in [1.807, 2.05) is 11.8 Å². The second-order valence-electron chi connectivity index (χ2n) is 13.5.